The molecule has 29 nitrogen and oxygen atoms in total. The summed E-state index contributed by atoms with van der Waals surface area (Å²) in [5.41, 5.74) is 16.8. The van der Waals surface area contributed by atoms with Gasteiger partial charge in [-0.25, -0.2) is 14.6 Å². The third-order valence-corrected chi connectivity index (χ3v) is 18.4. The SMILES string of the molecule is CC[C@H](C)[C@@H]([C@@H](CC(=O)N1CCC[C@H]1[C@H](OC)[C@@H](C)C(=O)N[C@@H](Cc1ccccc1)c1nccs1)OC)N(C)C(=O)[C@@H](NC(=O)C(C)(C)NC(=O)OCc1ccc(NC(=O)[C@H](CCCNC(N)=O)NC(=O)[C@@H](NC(=O)[C@H](CCCCN)NC(=O)[C@@H](N)CC(=O)O)C(C)C)cc1)C(C)C. The van der Waals surface area contributed by atoms with Gasteiger partial charge in [0.05, 0.1) is 55.1 Å². The van der Waals surface area contributed by atoms with Crippen LogP contribution in [0.4, 0.5) is 15.3 Å². The van der Waals surface area contributed by atoms with Gasteiger partial charge in [-0.1, -0.05) is 97.4 Å². The molecule has 2 aromatic carbocycles. The Kier molecular flexibility index (Phi) is 34.0. The first-order valence-electron chi connectivity index (χ1n) is 33.5. The monoisotopic (exact) mass is 1390 g/mol. The number of benzene rings is 2. The number of aliphatic carboxylic acids is 1. The molecule has 544 valence electrons. The smallest absolute Gasteiger partial charge is 0.408 e. The van der Waals surface area contributed by atoms with Gasteiger partial charge in [0.1, 0.15) is 41.3 Å². The molecule has 15 N–H and O–H groups in total. The number of nitrogens with two attached hydrogens (primary N) is 3. The number of thiazole rings is 1. The molecule has 1 aromatic heterocycles. The number of unbranched alkanes of at least 4 members (excludes halogenated alkanes) is 1. The van der Waals surface area contributed by atoms with Crippen LogP contribution in [0.2, 0.25) is 0 Å². The van der Waals surface area contributed by atoms with Crippen molar-refractivity contribution in [3.8, 4) is 0 Å². The fourth-order valence-electron chi connectivity index (χ4n) is 11.7. The van der Waals surface area contributed by atoms with Crippen LogP contribution in [0.3, 0.4) is 0 Å². The average Bonchev–Trinajstić information content (AvgIpc) is 1.35. The zero-order valence-corrected chi connectivity index (χ0v) is 59.5. The second-order valence-corrected chi connectivity index (χ2v) is 27.1. The van der Waals surface area contributed by atoms with Gasteiger partial charge in [0.2, 0.25) is 47.3 Å². The van der Waals surface area contributed by atoms with Crippen molar-refractivity contribution in [3.63, 3.8) is 0 Å². The van der Waals surface area contributed by atoms with Crippen LogP contribution in [0.25, 0.3) is 0 Å². The summed E-state index contributed by atoms with van der Waals surface area (Å²) in [5.74, 6) is -7.76. The highest BCUT2D eigenvalue weighted by atomic mass is 32.1. The molecule has 3 aromatic rings. The molecule has 11 amide bonds. The van der Waals surface area contributed by atoms with Gasteiger partial charge in [-0.2, -0.15) is 0 Å². The summed E-state index contributed by atoms with van der Waals surface area (Å²) in [6.07, 6.45) is 2.19. The second kappa shape index (κ2) is 40.5. The number of ether oxygens (including phenoxy) is 3. The first kappa shape index (κ1) is 82.1. The van der Waals surface area contributed by atoms with E-state index >= 15 is 0 Å². The number of aromatic nitrogens is 1. The first-order chi connectivity index (χ1) is 46.4. The Morgan fingerprint density at radius 1 is 0.765 bits per heavy atom. The number of carboxylic acids is 1. The van der Waals surface area contributed by atoms with Crippen LogP contribution < -0.4 is 59.7 Å². The normalized spacial score (nSPS) is 16.4. The maximum absolute atomic E-state index is 14.7. The fraction of sp³-hybridized carbons (Fsp3) is 0.618. The standard InChI is InChI=1S/C68H106N14O15S/c1-13-41(6)56(51(95-11)37-52(83)82-33-20-25-50(82)57(96-12)42(7)58(86)77-49(63-72-32-34-98-63)35-43-21-15-14-16-22-43)81(10)64(91)55(40(4)5)79-65(92)68(8,9)80-67(94)97-38-44-26-28-45(29-27-44)74-60(88)48(24-19-31-73-66(71)93)76-62(90)54(39(2)3)78-61(89)47(23-17-18-30-69)75-59(87)46(70)36-53(84)85/h14-16,21-22,26-29,32,34,39-42,46-51,54-57H,13,17-20,23-25,30-31,33,35-38,69-70H2,1-12H3,(H,74,88)(H,75,87)(H,76,90)(H,77,86)(H,78,89)(H,79,92)(H,80,94)(H,84,85)(H3,71,73,93)/t41-,42+,46-,47-,48-,49-,50-,51+,54-,55-,56-,57+/m0/s1. The van der Waals surface area contributed by atoms with E-state index in [4.69, 9.17) is 36.5 Å². The Morgan fingerprint density at radius 2 is 1.41 bits per heavy atom. The highest BCUT2D eigenvalue weighted by Gasteiger charge is 2.44. The number of hydrogen-bond acceptors (Lipinski definition) is 18. The number of amides is 11. The lowest BCUT2D eigenvalue weighted by Gasteiger charge is -2.41. The topological polar surface area (TPSA) is 429 Å². The number of primary amides is 1. The third-order valence-electron chi connectivity index (χ3n) is 17.6. The minimum Gasteiger partial charge on any atom is -0.481 e. The molecular weight excluding hydrogens is 1280 g/mol. The molecule has 30 heteroatoms. The molecule has 1 fully saturated rings. The molecule has 0 aliphatic carbocycles. The van der Waals surface area contributed by atoms with E-state index in [-0.39, 0.29) is 68.3 Å². The highest BCUT2D eigenvalue weighted by molar-refractivity contribution is 7.09. The van der Waals surface area contributed by atoms with Crippen LogP contribution in [-0.2, 0) is 70.4 Å². The number of nitrogens with zero attached hydrogens (tertiary/aromatic N) is 3. The summed E-state index contributed by atoms with van der Waals surface area (Å²) in [6.45, 7) is 16.0. The van der Waals surface area contributed by atoms with Gasteiger partial charge in [-0.15, -0.1) is 11.3 Å². The van der Waals surface area contributed by atoms with Gasteiger partial charge in [0.15, 0.2) is 0 Å². The van der Waals surface area contributed by atoms with E-state index < -0.39 is 138 Å². The number of carboxylic acid groups (broad SMARTS) is 1. The van der Waals surface area contributed by atoms with Gasteiger partial charge in [-0.05, 0) is 113 Å². The molecule has 98 heavy (non-hydrogen) atoms. The lowest BCUT2D eigenvalue weighted by molar-refractivity contribution is -0.148. The average molecular weight is 1390 g/mol. The van der Waals surface area contributed by atoms with E-state index in [9.17, 15) is 52.7 Å². The van der Waals surface area contributed by atoms with Gasteiger partial charge >= 0.3 is 18.1 Å². The first-order valence-corrected chi connectivity index (χ1v) is 34.4. The van der Waals surface area contributed by atoms with E-state index in [1.54, 1.807) is 72.0 Å². The Bertz CT molecular complexity index is 3090. The van der Waals surface area contributed by atoms with Crippen LogP contribution in [0.15, 0.2) is 66.2 Å². The molecule has 0 saturated carbocycles. The predicted octanol–water partition coefficient (Wildman–Crippen LogP) is 3.74. The van der Waals surface area contributed by atoms with Crippen LogP contribution in [0.1, 0.15) is 149 Å². The van der Waals surface area contributed by atoms with Crippen LogP contribution in [0, 0.1) is 23.7 Å². The van der Waals surface area contributed by atoms with Crippen molar-refractivity contribution < 1.29 is 72.1 Å². The molecule has 2 heterocycles. The number of rotatable bonds is 41. The van der Waals surface area contributed by atoms with Crippen molar-refractivity contribution in [2.75, 3.05) is 46.2 Å². The minimum absolute atomic E-state index is 0.00289. The summed E-state index contributed by atoms with van der Waals surface area (Å²) in [6, 6.07) is 7.61. The third kappa shape index (κ3) is 25.5. The number of urea groups is 1. The van der Waals surface area contributed by atoms with Gasteiger partial charge in [0.25, 0.3) is 0 Å². The maximum Gasteiger partial charge on any atom is 0.408 e. The van der Waals surface area contributed by atoms with E-state index in [0.29, 0.717) is 57.2 Å². The molecule has 0 radical (unpaired) electrons. The summed E-state index contributed by atoms with van der Waals surface area (Å²) in [7, 11) is 4.67. The molecule has 4 rings (SSSR count). The number of alkyl carbamates (subject to hydrolysis) is 1. The van der Waals surface area contributed by atoms with Crippen LogP contribution in [-0.4, -0.2) is 186 Å². The summed E-state index contributed by atoms with van der Waals surface area (Å²) in [4.78, 5) is 156. The number of nitrogens with one attached hydrogen (secondary N) is 8. The van der Waals surface area contributed by atoms with Gasteiger partial charge in [0, 0.05) is 51.6 Å². The van der Waals surface area contributed by atoms with Crippen molar-refractivity contribution in [1.82, 2.24) is 52.0 Å². The van der Waals surface area contributed by atoms with Crippen molar-refractivity contribution in [2.24, 2.45) is 40.9 Å². The summed E-state index contributed by atoms with van der Waals surface area (Å²) >= 11 is 1.46. The molecule has 12 atom stereocenters. The van der Waals surface area contributed by atoms with Gasteiger partial charge < -0.3 is 88.9 Å². The van der Waals surface area contributed by atoms with Crippen LogP contribution in [0.5, 0.6) is 0 Å². The molecule has 0 bridgehead atoms. The fourth-order valence-corrected chi connectivity index (χ4v) is 12.4. The molecule has 0 unspecified atom stereocenters. The number of likely N-dealkylation sites (N-methyl/N-ethyl adjacent to an activating group) is 1. The molecule has 1 saturated heterocycles. The number of methoxy groups -OCH3 is 2. The van der Waals surface area contributed by atoms with Crippen LogP contribution >= 0.6 is 11.3 Å². The summed E-state index contributed by atoms with van der Waals surface area (Å²) < 4.78 is 17.7. The Hall–Kier alpha value is -8.32. The number of anilines is 1. The van der Waals surface area contributed by atoms with Crippen molar-refractivity contribution in [3.05, 3.63) is 82.3 Å². The lowest BCUT2D eigenvalue weighted by Crippen LogP contribution is -2.62. The largest absolute Gasteiger partial charge is 0.481 e. The van der Waals surface area contributed by atoms with Gasteiger partial charge in [-0.3, -0.25) is 43.2 Å². The lowest BCUT2D eigenvalue weighted by atomic mass is 9.89. The van der Waals surface area contributed by atoms with Crippen molar-refractivity contribution in [1.29, 1.82) is 0 Å². The predicted molar refractivity (Wildman–Crippen MR) is 369 cm³/mol. The molecule has 1 aliphatic heterocycles. The molecular formula is C68H106N14O15S. The Morgan fingerprint density at radius 3 is 1.99 bits per heavy atom. The quantitative estimate of drug-likeness (QED) is 0.0360. The van der Waals surface area contributed by atoms with E-state index in [1.165, 1.54) is 49.3 Å². The van der Waals surface area contributed by atoms with E-state index in [2.05, 4.69) is 47.5 Å². The Labute approximate surface area is 579 Å². The van der Waals surface area contributed by atoms with Crippen molar-refractivity contribution in [2.45, 2.75) is 206 Å². The van der Waals surface area contributed by atoms with E-state index in [1.807, 2.05) is 49.6 Å². The summed E-state index contributed by atoms with van der Waals surface area (Å²) in [5, 5.41) is 33.4. The maximum atomic E-state index is 14.7. The second-order valence-electron chi connectivity index (χ2n) is 26.2. The number of carbonyl (C=O) groups excluding carboxylic acids is 10. The minimum atomic E-state index is -1.61. The zero-order valence-electron chi connectivity index (χ0n) is 58.7. The zero-order chi connectivity index (χ0) is 73.0. The van der Waals surface area contributed by atoms with E-state index in [0.717, 1.165) is 10.6 Å². The number of hydrogen-bond donors (Lipinski definition) is 12. The highest BCUT2D eigenvalue weighted by Crippen LogP contribution is 2.31. The Balaban J connectivity index is 1.39. The number of carbonyl (C=O) groups is 11. The number of likely N-dealkylation sites (tertiary alicyclic amines) is 1. The molecule has 1 aliphatic rings. The molecule has 0 spiro atoms. The van der Waals surface area contributed by atoms with Crippen molar-refractivity contribution >= 4 is 82.4 Å².